The Hall–Kier alpha value is -0.120. The first-order chi connectivity index (χ1) is 3.98. The summed E-state index contributed by atoms with van der Waals surface area (Å²) in [6.45, 7) is 2.77. The van der Waals surface area contributed by atoms with E-state index >= 15 is 0 Å². The number of hydroxylamine groups is 1. The maximum Gasteiger partial charge on any atom is 0.0875 e. The van der Waals surface area contributed by atoms with Crippen LogP contribution in [-0.4, -0.2) is 42.7 Å². The molecule has 1 N–H and O–H groups in total. The Labute approximate surface area is 57.0 Å². The molecule has 0 saturated carbocycles. The third kappa shape index (κ3) is 3.46. The van der Waals surface area contributed by atoms with Gasteiger partial charge >= 0.3 is 0 Å². The maximum absolute atomic E-state index is 9.19. The van der Waals surface area contributed by atoms with Crippen LogP contribution in [0.3, 0.4) is 0 Å². The summed E-state index contributed by atoms with van der Waals surface area (Å²) in [6.07, 6.45) is 0.978. The molecule has 0 bridgehead atoms. The van der Waals surface area contributed by atoms with Crippen LogP contribution in [0.1, 0.15) is 13.3 Å². The van der Waals surface area contributed by atoms with Gasteiger partial charge in [-0.05, 0) is 11.6 Å². The number of quaternary nitrogens is 1. The molecule has 0 fully saturated rings. The summed E-state index contributed by atoms with van der Waals surface area (Å²) in [5, 5.41) is 10.5. The predicted molar refractivity (Wildman–Crippen MR) is 36.8 cm³/mol. The quantitative estimate of drug-likeness (QED) is 0.452. The zero-order chi connectivity index (χ0) is 7.49. The van der Waals surface area contributed by atoms with Crippen LogP contribution in [0.4, 0.5) is 0 Å². The smallest absolute Gasteiger partial charge is 0.0875 e. The van der Waals surface area contributed by atoms with Crippen molar-refractivity contribution in [1.29, 1.82) is 0 Å². The van der Waals surface area contributed by atoms with Crippen LogP contribution < -0.4 is 0 Å². The van der Waals surface area contributed by atoms with Gasteiger partial charge in [0.2, 0.25) is 0 Å². The largest absolute Gasteiger partial charge is 0.269 e. The van der Waals surface area contributed by atoms with Gasteiger partial charge in [-0.2, -0.15) is 0 Å². The summed E-state index contributed by atoms with van der Waals surface area (Å²) in [5.74, 6) is 0. The Kier molecular flexibility index (Phi) is 3.11. The van der Waals surface area contributed by atoms with Crippen LogP contribution in [-0.2, 0) is 0 Å². The van der Waals surface area contributed by atoms with E-state index in [4.69, 9.17) is 0 Å². The number of rotatable bonds is 3. The molecule has 0 aromatic heterocycles. The van der Waals surface area contributed by atoms with Gasteiger partial charge in [-0.1, -0.05) is 6.92 Å². The van der Waals surface area contributed by atoms with E-state index in [1.165, 1.54) is 5.17 Å². The minimum absolute atomic E-state index is 0.480. The molecule has 0 aliphatic rings. The normalized spacial score (nSPS) is 12.7. The molecule has 0 aromatic carbocycles. The molecule has 0 aliphatic heterocycles. The van der Waals surface area contributed by atoms with Crippen molar-refractivity contribution in [2.75, 3.05) is 27.7 Å². The molecule has 56 valence electrons. The number of hydrogen-bond acceptors (Lipinski definition) is 2. The van der Waals surface area contributed by atoms with E-state index in [0.717, 1.165) is 13.0 Å². The van der Waals surface area contributed by atoms with Gasteiger partial charge in [-0.3, -0.25) is 5.21 Å². The SMILES string of the molecule is CCCN(O)[N+](C)(C)C. The molecule has 9 heavy (non-hydrogen) atoms. The van der Waals surface area contributed by atoms with Crippen LogP contribution >= 0.6 is 0 Å². The molecular formula is C6H17N2O+. The highest BCUT2D eigenvalue weighted by atomic mass is 16.6. The molecule has 3 nitrogen and oxygen atoms in total. The van der Waals surface area contributed by atoms with Gasteiger partial charge in [0, 0.05) is 0 Å². The molecule has 0 saturated heterocycles. The van der Waals surface area contributed by atoms with Crippen LogP contribution in [0, 0.1) is 0 Å². The van der Waals surface area contributed by atoms with Crippen molar-refractivity contribution < 1.29 is 9.80 Å². The summed E-state index contributed by atoms with van der Waals surface area (Å²) >= 11 is 0. The van der Waals surface area contributed by atoms with Gasteiger partial charge in [0.1, 0.15) is 0 Å². The molecule has 0 spiro atoms. The van der Waals surface area contributed by atoms with Crippen molar-refractivity contribution in [1.82, 2.24) is 5.17 Å². The zero-order valence-corrected chi connectivity index (χ0v) is 6.76. The highest BCUT2D eigenvalue weighted by Crippen LogP contribution is 1.96. The van der Waals surface area contributed by atoms with Gasteiger partial charge in [-0.15, -0.1) is 0 Å². The van der Waals surface area contributed by atoms with E-state index in [1.807, 2.05) is 28.1 Å². The lowest BCUT2D eigenvalue weighted by atomic mass is 10.5. The molecule has 0 amide bonds. The van der Waals surface area contributed by atoms with Gasteiger partial charge in [0.05, 0.1) is 27.7 Å². The molecule has 3 heteroatoms. The van der Waals surface area contributed by atoms with Crippen molar-refractivity contribution >= 4 is 0 Å². The van der Waals surface area contributed by atoms with Crippen molar-refractivity contribution in [2.45, 2.75) is 13.3 Å². The standard InChI is InChI=1S/C6H17N2O/c1-5-6-7(9)8(2,3)4/h9H,5-6H2,1-4H3/q+1. The Bertz CT molecular complexity index is 77.6. The fourth-order valence-corrected chi connectivity index (χ4v) is 0.500. The molecule has 0 unspecified atom stereocenters. The second-order valence-electron chi connectivity index (χ2n) is 3.04. The summed E-state index contributed by atoms with van der Waals surface area (Å²) in [7, 11) is 5.78. The predicted octanol–water partition coefficient (Wildman–Crippen LogP) is 0.709. The van der Waals surface area contributed by atoms with E-state index in [2.05, 4.69) is 0 Å². The average Bonchev–Trinajstić information content (AvgIpc) is 1.64. The van der Waals surface area contributed by atoms with Gasteiger partial charge in [0.15, 0.2) is 0 Å². The Balaban J connectivity index is 3.59. The second kappa shape index (κ2) is 3.15. The minimum atomic E-state index is 0.480. The highest BCUT2D eigenvalue weighted by Gasteiger charge is 2.15. The molecule has 0 atom stereocenters. The molecule has 0 heterocycles. The summed E-state index contributed by atoms with van der Waals surface area (Å²) in [4.78, 5) is 0. The van der Waals surface area contributed by atoms with Gasteiger partial charge in [0.25, 0.3) is 0 Å². The molecular weight excluding hydrogens is 116 g/mol. The van der Waals surface area contributed by atoms with E-state index in [-0.39, 0.29) is 0 Å². The third-order valence-electron chi connectivity index (χ3n) is 1.12. The summed E-state index contributed by atoms with van der Waals surface area (Å²) in [5.41, 5.74) is 0. The summed E-state index contributed by atoms with van der Waals surface area (Å²) in [6, 6.07) is 0. The Morgan fingerprint density at radius 3 is 1.89 bits per heavy atom. The van der Waals surface area contributed by atoms with E-state index in [0.29, 0.717) is 4.59 Å². The fourth-order valence-electron chi connectivity index (χ4n) is 0.500. The van der Waals surface area contributed by atoms with Crippen LogP contribution in [0.15, 0.2) is 0 Å². The first-order valence-electron chi connectivity index (χ1n) is 3.26. The summed E-state index contributed by atoms with van der Waals surface area (Å²) < 4.78 is 0.480. The minimum Gasteiger partial charge on any atom is -0.269 e. The number of nitrogens with zero attached hydrogens (tertiary/aromatic N) is 2. The molecule has 0 radical (unpaired) electrons. The van der Waals surface area contributed by atoms with Crippen molar-refractivity contribution in [3.8, 4) is 0 Å². The van der Waals surface area contributed by atoms with Crippen LogP contribution in [0.2, 0.25) is 0 Å². The van der Waals surface area contributed by atoms with Crippen molar-refractivity contribution in [3.63, 3.8) is 0 Å². The zero-order valence-electron chi connectivity index (χ0n) is 6.76. The van der Waals surface area contributed by atoms with E-state index in [1.54, 1.807) is 0 Å². The molecule has 0 aromatic rings. The lowest BCUT2D eigenvalue weighted by molar-refractivity contribution is -1.02. The first kappa shape index (κ1) is 8.88. The Morgan fingerprint density at radius 2 is 1.78 bits per heavy atom. The second-order valence-corrected chi connectivity index (χ2v) is 3.04. The average molecular weight is 133 g/mol. The molecule has 0 aliphatic carbocycles. The van der Waals surface area contributed by atoms with Gasteiger partial charge < -0.3 is 0 Å². The monoisotopic (exact) mass is 133 g/mol. The highest BCUT2D eigenvalue weighted by molar-refractivity contribution is 4.24. The van der Waals surface area contributed by atoms with E-state index < -0.39 is 0 Å². The van der Waals surface area contributed by atoms with E-state index in [9.17, 15) is 5.21 Å². The van der Waals surface area contributed by atoms with Crippen molar-refractivity contribution in [2.24, 2.45) is 0 Å². The number of hydrogen-bond donors (Lipinski definition) is 1. The topological polar surface area (TPSA) is 23.5 Å². The van der Waals surface area contributed by atoms with Crippen molar-refractivity contribution in [3.05, 3.63) is 0 Å². The van der Waals surface area contributed by atoms with Gasteiger partial charge in [-0.25, -0.2) is 4.59 Å². The third-order valence-corrected chi connectivity index (χ3v) is 1.12. The molecule has 0 rings (SSSR count). The van der Waals surface area contributed by atoms with Crippen LogP contribution in [0.5, 0.6) is 0 Å². The maximum atomic E-state index is 9.19. The lowest BCUT2D eigenvalue weighted by Crippen LogP contribution is -2.49. The first-order valence-corrected chi connectivity index (χ1v) is 3.26. The lowest BCUT2D eigenvalue weighted by Gasteiger charge is -2.30. The fraction of sp³-hybridized carbons (Fsp3) is 1.00. The van der Waals surface area contributed by atoms with Crippen LogP contribution in [0.25, 0.3) is 0 Å². The Morgan fingerprint density at radius 1 is 1.33 bits per heavy atom.